The highest BCUT2D eigenvalue weighted by atomic mass is 16.5. The molecule has 1 N–H and O–H groups in total. The summed E-state index contributed by atoms with van der Waals surface area (Å²) in [6.07, 6.45) is 1.62. The van der Waals surface area contributed by atoms with Crippen LogP contribution in [0.4, 0.5) is 0 Å². The first-order valence-electron chi connectivity index (χ1n) is 9.24. The second kappa shape index (κ2) is 8.44. The average Bonchev–Trinajstić information content (AvgIpc) is 2.77. The summed E-state index contributed by atoms with van der Waals surface area (Å²) in [5.41, 5.74) is 3.40. The van der Waals surface area contributed by atoms with Gasteiger partial charge in [-0.2, -0.15) is 5.10 Å². The van der Waals surface area contributed by atoms with E-state index in [2.05, 4.69) is 10.5 Å². The second-order valence-corrected chi connectivity index (χ2v) is 6.46. The van der Waals surface area contributed by atoms with E-state index in [1.807, 2.05) is 78.9 Å². The molecule has 1 amide bonds. The Balaban J connectivity index is 1.42. The molecule has 144 valence electrons. The second-order valence-electron chi connectivity index (χ2n) is 6.46. The Bertz CT molecular complexity index is 1200. The molecule has 0 fully saturated rings. The smallest absolute Gasteiger partial charge is 0.277 e. The molecule has 0 spiro atoms. The van der Waals surface area contributed by atoms with Crippen LogP contribution in [-0.4, -0.2) is 25.8 Å². The summed E-state index contributed by atoms with van der Waals surface area (Å²) in [4.78, 5) is 12.1. The summed E-state index contributed by atoms with van der Waals surface area (Å²) in [6, 6.07) is 25.3. The largest absolute Gasteiger partial charge is 0.496 e. The van der Waals surface area contributed by atoms with Gasteiger partial charge in [0.05, 0.1) is 13.3 Å². The van der Waals surface area contributed by atoms with Gasteiger partial charge in [0.2, 0.25) is 0 Å². The third kappa shape index (κ3) is 4.04. The first kappa shape index (κ1) is 18.5. The van der Waals surface area contributed by atoms with Crippen molar-refractivity contribution in [3.05, 3.63) is 84.4 Å². The quantitative estimate of drug-likeness (QED) is 0.392. The lowest BCUT2D eigenvalue weighted by atomic mass is 10.0. The molecule has 0 bridgehead atoms. The SMILES string of the molecule is COc1ccc(/C=N/NC(=O)COc2cccc3ccccc23)c2ccccc12. The van der Waals surface area contributed by atoms with Crippen molar-refractivity contribution >= 4 is 33.7 Å². The minimum Gasteiger partial charge on any atom is -0.496 e. The van der Waals surface area contributed by atoms with Gasteiger partial charge in [0.15, 0.2) is 6.61 Å². The summed E-state index contributed by atoms with van der Waals surface area (Å²) < 4.78 is 11.1. The van der Waals surface area contributed by atoms with E-state index in [0.29, 0.717) is 5.75 Å². The lowest BCUT2D eigenvalue weighted by molar-refractivity contribution is -0.123. The van der Waals surface area contributed by atoms with E-state index in [9.17, 15) is 4.79 Å². The van der Waals surface area contributed by atoms with Crippen LogP contribution in [0.3, 0.4) is 0 Å². The number of methoxy groups -OCH3 is 1. The van der Waals surface area contributed by atoms with E-state index in [0.717, 1.165) is 32.9 Å². The third-order valence-corrected chi connectivity index (χ3v) is 4.64. The van der Waals surface area contributed by atoms with Crippen LogP contribution in [0.1, 0.15) is 5.56 Å². The predicted octanol–water partition coefficient (Wildman–Crippen LogP) is 4.53. The number of hydrogen-bond acceptors (Lipinski definition) is 4. The highest BCUT2D eigenvalue weighted by molar-refractivity contribution is 6.02. The molecule has 0 aliphatic heterocycles. The van der Waals surface area contributed by atoms with Crippen molar-refractivity contribution in [2.24, 2.45) is 5.10 Å². The van der Waals surface area contributed by atoms with E-state index in [1.165, 1.54) is 0 Å². The van der Waals surface area contributed by atoms with E-state index in [-0.39, 0.29) is 12.5 Å². The predicted molar refractivity (Wildman–Crippen MR) is 116 cm³/mol. The van der Waals surface area contributed by atoms with Crippen LogP contribution in [-0.2, 0) is 4.79 Å². The molecule has 0 aliphatic rings. The first-order chi connectivity index (χ1) is 14.3. The summed E-state index contributed by atoms with van der Waals surface area (Å²) in [6.45, 7) is -0.116. The van der Waals surface area contributed by atoms with E-state index in [4.69, 9.17) is 9.47 Å². The van der Waals surface area contributed by atoms with E-state index >= 15 is 0 Å². The van der Waals surface area contributed by atoms with Gasteiger partial charge < -0.3 is 9.47 Å². The van der Waals surface area contributed by atoms with Gasteiger partial charge >= 0.3 is 0 Å². The molecule has 0 aromatic heterocycles. The fourth-order valence-electron chi connectivity index (χ4n) is 3.26. The number of amides is 1. The van der Waals surface area contributed by atoms with Crippen LogP contribution in [0.15, 0.2) is 84.0 Å². The zero-order valence-corrected chi connectivity index (χ0v) is 16.0. The Morgan fingerprint density at radius 1 is 0.862 bits per heavy atom. The van der Waals surface area contributed by atoms with Crippen molar-refractivity contribution in [1.82, 2.24) is 5.43 Å². The Hall–Kier alpha value is -3.86. The number of carbonyl (C=O) groups excluding carboxylic acids is 1. The molecule has 0 saturated carbocycles. The molecule has 5 nitrogen and oxygen atoms in total. The minimum atomic E-state index is -0.327. The number of nitrogens with one attached hydrogen (secondary N) is 1. The number of fused-ring (bicyclic) bond motifs is 2. The van der Waals surface area contributed by atoms with Gasteiger partial charge in [-0.3, -0.25) is 4.79 Å². The Morgan fingerprint density at radius 2 is 1.59 bits per heavy atom. The number of hydrazone groups is 1. The molecule has 29 heavy (non-hydrogen) atoms. The summed E-state index contributed by atoms with van der Waals surface area (Å²) >= 11 is 0. The maximum atomic E-state index is 12.1. The lowest BCUT2D eigenvalue weighted by Gasteiger charge is -2.09. The van der Waals surface area contributed by atoms with Gasteiger partial charge in [-0.25, -0.2) is 5.43 Å². The number of ether oxygens (including phenoxy) is 2. The molecule has 0 saturated heterocycles. The van der Waals surface area contributed by atoms with Crippen molar-refractivity contribution in [2.75, 3.05) is 13.7 Å². The lowest BCUT2D eigenvalue weighted by Crippen LogP contribution is -2.24. The fourth-order valence-corrected chi connectivity index (χ4v) is 3.26. The number of nitrogens with zero attached hydrogens (tertiary/aromatic N) is 1. The Morgan fingerprint density at radius 3 is 2.41 bits per heavy atom. The van der Waals surface area contributed by atoms with E-state index < -0.39 is 0 Å². The zero-order chi connectivity index (χ0) is 20.1. The number of hydrogen-bond donors (Lipinski definition) is 1. The van der Waals surface area contributed by atoms with Gasteiger partial charge in [0, 0.05) is 16.3 Å². The minimum absolute atomic E-state index is 0.116. The molecular weight excluding hydrogens is 364 g/mol. The van der Waals surface area contributed by atoms with Gasteiger partial charge in [0.25, 0.3) is 5.91 Å². The fraction of sp³-hybridized carbons (Fsp3) is 0.0833. The highest BCUT2D eigenvalue weighted by Gasteiger charge is 2.06. The Kier molecular flexibility index (Phi) is 5.38. The maximum absolute atomic E-state index is 12.1. The highest BCUT2D eigenvalue weighted by Crippen LogP contribution is 2.27. The normalized spacial score (nSPS) is 11.1. The first-order valence-corrected chi connectivity index (χ1v) is 9.24. The summed E-state index contributed by atoms with van der Waals surface area (Å²) in [5, 5.41) is 8.10. The molecule has 0 radical (unpaired) electrons. The number of carbonyl (C=O) groups is 1. The molecule has 0 heterocycles. The van der Waals surface area contributed by atoms with Crippen LogP contribution in [0.25, 0.3) is 21.5 Å². The van der Waals surface area contributed by atoms with Crippen molar-refractivity contribution in [2.45, 2.75) is 0 Å². The van der Waals surface area contributed by atoms with Gasteiger partial charge in [0.1, 0.15) is 11.5 Å². The van der Waals surface area contributed by atoms with Crippen molar-refractivity contribution in [3.63, 3.8) is 0 Å². The molecule has 4 rings (SSSR count). The standard InChI is InChI=1S/C24H20N2O3/c1-28-22-14-13-18(19-9-4-5-11-21(19)22)15-25-26-24(27)16-29-23-12-6-8-17-7-2-3-10-20(17)23/h2-15H,16H2,1H3,(H,26,27)/b25-15+. The van der Waals surface area contributed by atoms with Gasteiger partial charge in [-0.15, -0.1) is 0 Å². The molecule has 5 heteroatoms. The van der Waals surface area contributed by atoms with Crippen molar-refractivity contribution in [1.29, 1.82) is 0 Å². The molecule has 0 unspecified atom stereocenters. The number of rotatable bonds is 6. The van der Waals surface area contributed by atoms with Crippen LogP contribution in [0.2, 0.25) is 0 Å². The molecular formula is C24H20N2O3. The van der Waals surface area contributed by atoms with Gasteiger partial charge in [-0.05, 0) is 29.0 Å². The van der Waals surface area contributed by atoms with Gasteiger partial charge in [-0.1, -0.05) is 60.7 Å². The van der Waals surface area contributed by atoms with Crippen LogP contribution in [0.5, 0.6) is 11.5 Å². The molecule has 4 aromatic carbocycles. The van der Waals surface area contributed by atoms with E-state index in [1.54, 1.807) is 13.3 Å². The maximum Gasteiger partial charge on any atom is 0.277 e. The summed E-state index contributed by atoms with van der Waals surface area (Å²) in [5.74, 6) is 1.14. The van der Waals surface area contributed by atoms with Crippen LogP contribution in [0, 0.1) is 0 Å². The van der Waals surface area contributed by atoms with Crippen LogP contribution < -0.4 is 14.9 Å². The average molecular weight is 384 g/mol. The zero-order valence-electron chi connectivity index (χ0n) is 16.0. The molecule has 0 aliphatic carbocycles. The molecule has 0 atom stereocenters. The van der Waals surface area contributed by atoms with Crippen molar-refractivity contribution in [3.8, 4) is 11.5 Å². The molecule has 4 aromatic rings. The monoisotopic (exact) mass is 384 g/mol. The Labute approximate surface area is 168 Å². The number of benzene rings is 4. The third-order valence-electron chi connectivity index (χ3n) is 4.64. The van der Waals surface area contributed by atoms with Crippen LogP contribution >= 0.6 is 0 Å². The topological polar surface area (TPSA) is 59.9 Å². The summed E-state index contributed by atoms with van der Waals surface area (Å²) in [7, 11) is 1.64. The van der Waals surface area contributed by atoms with Crippen molar-refractivity contribution < 1.29 is 14.3 Å².